The molecule has 0 radical (unpaired) electrons. The minimum atomic E-state index is -0.0916. The molecule has 33 heavy (non-hydrogen) atoms. The van der Waals surface area contributed by atoms with Crippen LogP contribution in [-0.2, 0) is 18.4 Å². The minimum Gasteiger partial charge on any atom is -0.497 e. The molecule has 0 saturated carbocycles. The fourth-order valence-corrected chi connectivity index (χ4v) is 3.98. The van der Waals surface area contributed by atoms with Crippen LogP contribution < -0.4 is 15.4 Å². The van der Waals surface area contributed by atoms with Crippen LogP contribution in [0.15, 0.2) is 84.0 Å². The van der Waals surface area contributed by atoms with Crippen LogP contribution in [0.5, 0.6) is 5.75 Å². The number of thioether (sulfide) groups is 1. The van der Waals surface area contributed by atoms with Crippen molar-refractivity contribution in [1.82, 2.24) is 14.8 Å². The third kappa shape index (κ3) is 5.93. The molecule has 4 rings (SSSR count). The van der Waals surface area contributed by atoms with Gasteiger partial charge >= 0.3 is 0 Å². The van der Waals surface area contributed by atoms with E-state index in [9.17, 15) is 4.79 Å². The number of ether oxygens (including phenoxy) is 1. The Balaban J connectivity index is 1.30. The summed E-state index contributed by atoms with van der Waals surface area (Å²) >= 11 is 1.36. The number of nitrogens with one attached hydrogen (secondary N) is 2. The third-order valence-electron chi connectivity index (χ3n) is 5.05. The lowest BCUT2D eigenvalue weighted by Crippen LogP contribution is -2.14. The van der Waals surface area contributed by atoms with Gasteiger partial charge in [0.05, 0.1) is 19.4 Å². The molecule has 0 bridgehead atoms. The van der Waals surface area contributed by atoms with Crippen molar-refractivity contribution in [2.75, 3.05) is 23.5 Å². The highest BCUT2D eigenvalue weighted by atomic mass is 32.2. The lowest BCUT2D eigenvalue weighted by molar-refractivity contribution is -0.113. The van der Waals surface area contributed by atoms with Crippen LogP contribution in [0.3, 0.4) is 0 Å². The molecule has 7 nitrogen and oxygen atoms in total. The SMILES string of the molecule is COc1ccc(NCc2nnc(SCC(=O)Nc3cccc(-c4ccccc4)c3)n2C)cc1. The van der Waals surface area contributed by atoms with Crippen LogP contribution in [0, 0.1) is 0 Å². The molecule has 0 aliphatic carbocycles. The van der Waals surface area contributed by atoms with Gasteiger partial charge in [0.15, 0.2) is 11.0 Å². The van der Waals surface area contributed by atoms with Gasteiger partial charge in [0, 0.05) is 18.4 Å². The molecule has 168 valence electrons. The number of benzene rings is 3. The molecule has 0 aliphatic heterocycles. The lowest BCUT2D eigenvalue weighted by Gasteiger charge is -2.09. The number of aromatic nitrogens is 3. The van der Waals surface area contributed by atoms with Gasteiger partial charge in [-0.15, -0.1) is 10.2 Å². The van der Waals surface area contributed by atoms with Crippen molar-refractivity contribution in [3.63, 3.8) is 0 Å². The van der Waals surface area contributed by atoms with Crippen LogP contribution in [0.4, 0.5) is 11.4 Å². The molecule has 1 amide bonds. The molecule has 0 spiro atoms. The fraction of sp³-hybridized carbons (Fsp3) is 0.160. The molecule has 1 aromatic heterocycles. The molecule has 0 saturated heterocycles. The zero-order valence-corrected chi connectivity index (χ0v) is 19.3. The molecule has 0 aliphatic rings. The maximum absolute atomic E-state index is 12.5. The summed E-state index contributed by atoms with van der Waals surface area (Å²) < 4.78 is 7.07. The second kappa shape index (κ2) is 10.7. The standard InChI is InChI=1S/C25H25N5O2S/c1-30-23(16-26-20-11-13-22(32-2)14-12-20)28-29-25(30)33-17-24(31)27-21-10-6-9-19(15-21)18-7-4-3-5-8-18/h3-15,26H,16-17H2,1-2H3,(H,27,31). The van der Waals surface area contributed by atoms with E-state index < -0.39 is 0 Å². The number of anilines is 2. The van der Waals surface area contributed by atoms with Gasteiger partial charge < -0.3 is 19.9 Å². The summed E-state index contributed by atoms with van der Waals surface area (Å²) in [7, 11) is 3.54. The van der Waals surface area contributed by atoms with Gasteiger partial charge in [0.2, 0.25) is 5.91 Å². The maximum atomic E-state index is 12.5. The van der Waals surface area contributed by atoms with E-state index >= 15 is 0 Å². The second-order valence-electron chi connectivity index (χ2n) is 7.32. The summed E-state index contributed by atoms with van der Waals surface area (Å²) in [6.07, 6.45) is 0. The number of carbonyl (C=O) groups is 1. The topological polar surface area (TPSA) is 81.1 Å². The van der Waals surface area contributed by atoms with Crippen LogP contribution in [0.25, 0.3) is 11.1 Å². The number of rotatable bonds is 9. The first-order chi connectivity index (χ1) is 16.1. The molecule has 4 aromatic rings. The number of nitrogens with zero attached hydrogens (tertiary/aromatic N) is 3. The first-order valence-electron chi connectivity index (χ1n) is 10.5. The van der Waals surface area contributed by atoms with Crippen LogP contribution in [0.2, 0.25) is 0 Å². The van der Waals surface area contributed by atoms with Gasteiger partial charge in [0.25, 0.3) is 0 Å². The highest BCUT2D eigenvalue weighted by Crippen LogP contribution is 2.23. The van der Waals surface area contributed by atoms with Gasteiger partial charge in [0.1, 0.15) is 5.75 Å². The van der Waals surface area contributed by atoms with Crippen molar-refractivity contribution in [3.8, 4) is 16.9 Å². The van der Waals surface area contributed by atoms with Crippen molar-refractivity contribution in [1.29, 1.82) is 0 Å². The van der Waals surface area contributed by atoms with E-state index in [-0.39, 0.29) is 11.7 Å². The van der Waals surface area contributed by atoms with Crippen molar-refractivity contribution in [3.05, 3.63) is 84.7 Å². The van der Waals surface area contributed by atoms with Gasteiger partial charge in [-0.3, -0.25) is 4.79 Å². The average Bonchev–Trinajstić information content (AvgIpc) is 3.21. The summed E-state index contributed by atoms with van der Waals surface area (Å²) in [5.41, 5.74) is 3.90. The van der Waals surface area contributed by atoms with E-state index in [0.29, 0.717) is 11.7 Å². The molecule has 2 N–H and O–H groups in total. The Hall–Kier alpha value is -3.78. The number of amides is 1. The normalized spacial score (nSPS) is 10.6. The van der Waals surface area contributed by atoms with Gasteiger partial charge in [-0.25, -0.2) is 0 Å². The largest absolute Gasteiger partial charge is 0.497 e. The molecule has 8 heteroatoms. The van der Waals surface area contributed by atoms with Crippen LogP contribution in [-0.4, -0.2) is 33.5 Å². The molecular formula is C25H25N5O2S. The number of methoxy groups -OCH3 is 1. The van der Waals surface area contributed by atoms with Crippen molar-refractivity contribution in [2.45, 2.75) is 11.7 Å². The van der Waals surface area contributed by atoms with Crippen LogP contribution in [0.1, 0.15) is 5.82 Å². The molecule has 0 unspecified atom stereocenters. The van der Waals surface area contributed by atoms with E-state index in [4.69, 9.17) is 4.74 Å². The van der Waals surface area contributed by atoms with Gasteiger partial charge in [-0.1, -0.05) is 54.2 Å². The highest BCUT2D eigenvalue weighted by molar-refractivity contribution is 7.99. The predicted octanol–water partition coefficient (Wildman–Crippen LogP) is 4.83. The minimum absolute atomic E-state index is 0.0916. The van der Waals surface area contributed by atoms with Gasteiger partial charge in [-0.05, 0) is 47.5 Å². The highest BCUT2D eigenvalue weighted by Gasteiger charge is 2.12. The Bertz CT molecular complexity index is 1210. The smallest absolute Gasteiger partial charge is 0.234 e. The second-order valence-corrected chi connectivity index (χ2v) is 8.27. The summed E-state index contributed by atoms with van der Waals surface area (Å²) in [5, 5.41) is 15.4. The quantitative estimate of drug-likeness (QED) is 0.349. The van der Waals surface area contributed by atoms with Crippen molar-refractivity contribution < 1.29 is 9.53 Å². The van der Waals surface area contributed by atoms with E-state index in [0.717, 1.165) is 34.1 Å². The fourth-order valence-electron chi connectivity index (χ4n) is 3.25. The first-order valence-corrected chi connectivity index (χ1v) is 11.5. The summed E-state index contributed by atoms with van der Waals surface area (Å²) in [6.45, 7) is 0.523. The first kappa shape index (κ1) is 22.4. The Morgan fingerprint density at radius 2 is 1.70 bits per heavy atom. The van der Waals surface area contributed by atoms with E-state index in [1.807, 2.05) is 90.5 Å². The average molecular weight is 460 g/mol. The molecule has 3 aromatic carbocycles. The van der Waals surface area contributed by atoms with Crippen LogP contribution >= 0.6 is 11.8 Å². The maximum Gasteiger partial charge on any atom is 0.234 e. The summed E-state index contributed by atoms with van der Waals surface area (Å²) in [6, 6.07) is 25.6. The molecule has 0 fully saturated rings. The predicted molar refractivity (Wildman–Crippen MR) is 133 cm³/mol. The Labute approximate surface area is 197 Å². The number of hydrogen-bond donors (Lipinski definition) is 2. The Kier molecular flexibility index (Phi) is 7.26. The lowest BCUT2D eigenvalue weighted by atomic mass is 10.1. The van der Waals surface area contributed by atoms with E-state index in [1.54, 1.807) is 7.11 Å². The molecule has 1 heterocycles. The van der Waals surface area contributed by atoms with Gasteiger partial charge in [-0.2, -0.15) is 0 Å². The third-order valence-corrected chi connectivity index (χ3v) is 6.07. The summed E-state index contributed by atoms with van der Waals surface area (Å²) in [5.74, 6) is 1.74. The zero-order valence-electron chi connectivity index (χ0n) is 18.5. The Morgan fingerprint density at radius 1 is 0.939 bits per heavy atom. The van der Waals surface area contributed by atoms with Crippen molar-refractivity contribution in [2.24, 2.45) is 7.05 Å². The summed E-state index contributed by atoms with van der Waals surface area (Å²) in [4.78, 5) is 12.5. The monoisotopic (exact) mass is 459 g/mol. The van der Waals surface area contributed by atoms with Crippen molar-refractivity contribution >= 4 is 29.0 Å². The molecular weight excluding hydrogens is 434 g/mol. The number of carbonyl (C=O) groups excluding carboxylic acids is 1. The number of hydrogen-bond acceptors (Lipinski definition) is 6. The van der Waals surface area contributed by atoms with E-state index in [1.165, 1.54) is 11.8 Å². The van der Waals surface area contributed by atoms with E-state index in [2.05, 4.69) is 20.8 Å². The zero-order chi connectivity index (χ0) is 23.0. The Morgan fingerprint density at radius 3 is 2.45 bits per heavy atom. The molecule has 0 atom stereocenters.